The molecule has 1 N–H and O–H groups in total. The zero-order chi connectivity index (χ0) is 11.7. The number of aryl methyl sites for hydroxylation is 1. The number of aromatic nitrogens is 2. The molecule has 4 nitrogen and oxygen atoms in total. The summed E-state index contributed by atoms with van der Waals surface area (Å²) in [6.45, 7) is 5.10. The Hall–Kier alpha value is -1.32. The van der Waals surface area contributed by atoms with Gasteiger partial charge in [-0.05, 0) is 18.8 Å². The van der Waals surface area contributed by atoms with Gasteiger partial charge in [-0.2, -0.15) is 0 Å². The van der Waals surface area contributed by atoms with E-state index in [9.17, 15) is 4.79 Å². The maximum Gasteiger partial charge on any atom is 0.306 e. The lowest BCUT2D eigenvalue weighted by Crippen LogP contribution is -2.25. The molecule has 1 unspecified atom stereocenters. The molecule has 4 heteroatoms. The third kappa shape index (κ3) is 2.10. The summed E-state index contributed by atoms with van der Waals surface area (Å²) in [7, 11) is 0. The van der Waals surface area contributed by atoms with Crippen molar-refractivity contribution in [3.05, 3.63) is 17.7 Å². The van der Waals surface area contributed by atoms with Crippen LogP contribution in [0.1, 0.15) is 31.7 Å². The van der Waals surface area contributed by atoms with E-state index in [-0.39, 0.29) is 5.92 Å². The third-order valence-corrected chi connectivity index (χ3v) is 3.14. The highest BCUT2D eigenvalue weighted by atomic mass is 16.4. The van der Waals surface area contributed by atoms with E-state index in [0.717, 1.165) is 30.8 Å². The van der Waals surface area contributed by atoms with Crippen molar-refractivity contribution in [1.29, 1.82) is 0 Å². The SMILES string of the molecule is CC(C)Cc1ncn2c1CC(C(=O)O)CC2. The van der Waals surface area contributed by atoms with Gasteiger partial charge in [-0.1, -0.05) is 13.8 Å². The lowest BCUT2D eigenvalue weighted by Gasteiger charge is -2.21. The van der Waals surface area contributed by atoms with Crippen molar-refractivity contribution in [2.75, 3.05) is 0 Å². The Balaban J connectivity index is 2.21. The summed E-state index contributed by atoms with van der Waals surface area (Å²) in [5.74, 6) is -0.345. The summed E-state index contributed by atoms with van der Waals surface area (Å²) in [5.41, 5.74) is 2.22. The first-order chi connectivity index (χ1) is 7.58. The second kappa shape index (κ2) is 4.28. The predicted octanol–water partition coefficient (Wildman–Crippen LogP) is 1.73. The van der Waals surface area contributed by atoms with Gasteiger partial charge >= 0.3 is 5.97 Å². The number of carboxylic acids is 1. The van der Waals surface area contributed by atoms with Crippen LogP contribution in [0.15, 0.2) is 6.33 Å². The molecule has 1 atom stereocenters. The number of hydrogen-bond donors (Lipinski definition) is 1. The van der Waals surface area contributed by atoms with Gasteiger partial charge in [0.1, 0.15) is 0 Å². The Morgan fingerprint density at radius 1 is 1.69 bits per heavy atom. The number of aliphatic carboxylic acids is 1. The second-order valence-corrected chi connectivity index (χ2v) is 4.96. The predicted molar refractivity (Wildman–Crippen MR) is 60.2 cm³/mol. The van der Waals surface area contributed by atoms with Crippen LogP contribution >= 0.6 is 0 Å². The largest absolute Gasteiger partial charge is 0.481 e. The topological polar surface area (TPSA) is 55.1 Å². The van der Waals surface area contributed by atoms with E-state index in [0.29, 0.717) is 12.3 Å². The molecule has 0 saturated heterocycles. The molecule has 1 aromatic heterocycles. The van der Waals surface area contributed by atoms with Crippen LogP contribution < -0.4 is 0 Å². The molecule has 1 aliphatic heterocycles. The Morgan fingerprint density at radius 3 is 3.06 bits per heavy atom. The fourth-order valence-electron chi connectivity index (χ4n) is 2.28. The van der Waals surface area contributed by atoms with Gasteiger partial charge in [0.2, 0.25) is 0 Å². The Bertz CT molecular complexity index is 396. The number of rotatable bonds is 3. The standard InChI is InChI=1S/C12H18N2O2/c1-8(2)5-10-11-6-9(12(15)16)3-4-14(11)7-13-10/h7-9H,3-6H2,1-2H3,(H,15,16). The van der Waals surface area contributed by atoms with E-state index in [1.54, 1.807) is 0 Å². The van der Waals surface area contributed by atoms with E-state index in [1.165, 1.54) is 0 Å². The monoisotopic (exact) mass is 222 g/mol. The number of carbonyl (C=O) groups is 1. The average Bonchev–Trinajstić information content (AvgIpc) is 2.60. The van der Waals surface area contributed by atoms with E-state index in [4.69, 9.17) is 5.11 Å². The lowest BCUT2D eigenvalue weighted by atomic mass is 9.93. The number of fused-ring (bicyclic) bond motifs is 1. The normalized spacial score (nSPS) is 19.8. The highest BCUT2D eigenvalue weighted by molar-refractivity contribution is 5.70. The minimum absolute atomic E-state index is 0.227. The van der Waals surface area contributed by atoms with Crippen molar-refractivity contribution in [2.24, 2.45) is 11.8 Å². The molecule has 0 aliphatic carbocycles. The summed E-state index contributed by atoms with van der Waals surface area (Å²) in [5, 5.41) is 9.04. The first kappa shape index (κ1) is 11.2. The quantitative estimate of drug-likeness (QED) is 0.847. The number of hydrogen-bond acceptors (Lipinski definition) is 2. The van der Waals surface area contributed by atoms with Crippen molar-refractivity contribution in [3.8, 4) is 0 Å². The van der Waals surface area contributed by atoms with Crippen molar-refractivity contribution < 1.29 is 9.90 Å². The Labute approximate surface area is 95.3 Å². The van der Waals surface area contributed by atoms with Gasteiger partial charge in [0.25, 0.3) is 0 Å². The molecule has 0 fully saturated rings. The van der Waals surface area contributed by atoms with Crippen molar-refractivity contribution in [2.45, 2.75) is 39.7 Å². The molecule has 0 amide bonds. The van der Waals surface area contributed by atoms with Crippen LogP contribution in [-0.4, -0.2) is 20.6 Å². The molecule has 2 rings (SSSR count). The smallest absolute Gasteiger partial charge is 0.306 e. The molecule has 0 aromatic carbocycles. The molecular weight excluding hydrogens is 204 g/mol. The van der Waals surface area contributed by atoms with Gasteiger partial charge < -0.3 is 9.67 Å². The second-order valence-electron chi connectivity index (χ2n) is 4.96. The van der Waals surface area contributed by atoms with Crippen LogP contribution in [0.3, 0.4) is 0 Å². The molecule has 16 heavy (non-hydrogen) atoms. The maximum atomic E-state index is 11.0. The van der Waals surface area contributed by atoms with Crippen LogP contribution in [-0.2, 0) is 24.2 Å². The zero-order valence-electron chi connectivity index (χ0n) is 9.81. The summed E-state index contributed by atoms with van der Waals surface area (Å²) < 4.78 is 2.11. The first-order valence-corrected chi connectivity index (χ1v) is 5.83. The van der Waals surface area contributed by atoms with Crippen LogP contribution in [0.5, 0.6) is 0 Å². The fraction of sp³-hybridized carbons (Fsp3) is 0.667. The van der Waals surface area contributed by atoms with Crippen molar-refractivity contribution in [1.82, 2.24) is 9.55 Å². The molecule has 0 saturated carbocycles. The average molecular weight is 222 g/mol. The molecule has 0 spiro atoms. The molecule has 0 bridgehead atoms. The minimum atomic E-state index is -0.678. The van der Waals surface area contributed by atoms with Crippen LogP contribution in [0.2, 0.25) is 0 Å². The maximum absolute atomic E-state index is 11.0. The molecule has 0 radical (unpaired) electrons. The van der Waals surface area contributed by atoms with Gasteiger partial charge in [0, 0.05) is 18.7 Å². The fourth-order valence-corrected chi connectivity index (χ4v) is 2.28. The molecule has 2 heterocycles. The van der Waals surface area contributed by atoms with E-state index in [2.05, 4.69) is 23.4 Å². The van der Waals surface area contributed by atoms with E-state index >= 15 is 0 Å². The first-order valence-electron chi connectivity index (χ1n) is 5.83. The molecular formula is C12H18N2O2. The van der Waals surface area contributed by atoms with Crippen LogP contribution in [0, 0.1) is 11.8 Å². The van der Waals surface area contributed by atoms with E-state index in [1.807, 2.05) is 6.33 Å². The highest BCUT2D eigenvalue weighted by Crippen LogP contribution is 2.24. The van der Waals surface area contributed by atoms with Gasteiger partial charge in [0.05, 0.1) is 17.9 Å². The summed E-state index contributed by atoms with van der Waals surface area (Å²) in [6.07, 6.45) is 4.15. The van der Waals surface area contributed by atoms with Gasteiger partial charge in [-0.15, -0.1) is 0 Å². The summed E-state index contributed by atoms with van der Waals surface area (Å²) in [6, 6.07) is 0. The highest BCUT2D eigenvalue weighted by Gasteiger charge is 2.26. The summed E-state index contributed by atoms with van der Waals surface area (Å²) >= 11 is 0. The van der Waals surface area contributed by atoms with E-state index < -0.39 is 5.97 Å². The minimum Gasteiger partial charge on any atom is -0.481 e. The van der Waals surface area contributed by atoms with Gasteiger partial charge in [-0.25, -0.2) is 4.98 Å². The van der Waals surface area contributed by atoms with Crippen LogP contribution in [0.25, 0.3) is 0 Å². The number of carboxylic acid groups (broad SMARTS) is 1. The molecule has 1 aliphatic rings. The van der Waals surface area contributed by atoms with Crippen molar-refractivity contribution >= 4 is 5.97 Å². The van der Waals surface area contributed by atoms with Crippen LogP contribution in [0.4, 0.5) is 0 Å². The van der Waals surface area contributed by atoms with Gasteiger partial charge in [-0.3, -0.25) is 4.79 Å². The number of nitrogens with zero attached hydrogens (tertiary/aromatic N) is 2. The Morgan fingerprint density at radius 2 is 2.44 bits per heavy atom. The number of imidazole rings is 1. The summed E-state index contributed by atoms with van der Waals surface area (Å²) in [4.78, 5) is 15.4. The lowest BCUT2D eigenvalue weighted by molar-refractivity contribution is -0.142. The van der Waals surface area contributed by atoms with Gasteiger partial charge in [0.15, 0.2) is 0 Å². The Kier molecular flexibility index (Phi) is 2.99. The van der Waals surface area contributed by atoms with Crippen molar-refractivity contribution in [3.63, 3.8) is 0 Å². The molecule has 88 valence electrons. The third-order valence-electron chi connectivity index (χ3n) is 3.14. The zero-order valence-corrected chi connectivity index (χ0v) is 9.81. The molecule has 1 aromatic rings.